The molecule has 0 saturated heterocycles. The van der Waals surface area contributed by atoms with E-state index in [4.69, 9.17) is 0 Å². The molecular weight excluding hydrogens is 384 g/mol. The van der Waals surface area contributed by atoms with E-state index < -0.39 is 0 Å². The predicted molar refractivity (Wildman–Crippen MR) is 114 cm³/mol. The van der Waals surface area contributed by atoms with Crippen LogP contribution in [0.5, 0.6) is 0 Å². The normalized spacial score (nSPS) is 16.1. The second-order valence-electron chi connectivity index (χ2n) is 7.41. The Labute approximate surface area is 175 Å². The molecule has 2 aromatic heterocycles. The minimum Gasteiger partial charge on any atom is -0.395 e. The molecule has 0 saturated carbocycles. The molecule has 2 aromatic rings. The fraction of sp³-hybridized carbons (Fsp3) is 0.429. The summed E-state index contributed by atoms with van der Waals surface area (Å²) in [5.41, 5.74) is 3.44. The zero-order valence-electron chi connectivity index (χ0n) is 17.5. The van der Waals surface area contributed by atoms with Crippen LogP contribution in [0.1, 0.15) is 36.3 Å². The van der Waals surface area contributed by atoms with Gasteiger partial charge in [-0.15, -0.1) is 0 Å². The largest absolute Gasteiger partial charge is 0.395 e. The van der Waals surface area contributed by atoms with Crippen LogP contribution in [0.3, 0.4) is 0 Å². The van der Waals surface area contributed by atoms with Crippen LogP contribution >= 0.6 is 0 Å². The van der Waals surface area contributed by atoms with E-state index in [-0.39, 0.29) is 38.3 Å². The van der Waals surface area contributed by atoms with E-state index in [9.17, 15) is 15.0 Å². The number of aryl methyl sites for hydroxylation is 1. The molecule has 0 aliphatic heterocycles. The molecule has 1 amide bonds. The molecule has 3 rings (SSSR count). The third-order valence-corrected chi connectivity index (χ3v) is 4.83. The second kappa shape index (κ2) is 9.64. The lowest BCUT2D eigenvalue weighted by Crippen LogP contribution is -2.36. The molecule has 1 unspecified atom stereocenters. The molecule has 2 heterocycles. The highest BCUT2D eigenvalue weighted by Crippen LogP contribution is 2.20. The first kappa shape index (κ1) is 21.7. The van der Waals surface area contributed by atoms with Crippen LogP contribution in [0.25, 0.3) is 5.82 Å². The topological polar surface area (TPSA) is 116 Å². The summed E-state index contributed by atoms with van der Waals surface area (Å²) >= 11 is 0. The average Bonchev–Trinajstić information content (AvgIpc) is 3.08. The molecule has 9 nitrogen and oxygen atoms in total. The third kappa shape index (κ3) is 5.11. The zero-order chi connectivity index (χ0) is 21.7. The molecule has 1 atom stereocenters. The first-order valence-corrected chi connectivity index (χ1v) is 9.94. The predicted octanol–water partition coefficient (Wildman–Crippen LogP) is 1.47. The van der Waals surface area contributed by atoms with Crippen molar-refractivity contribution in [2.75, 3.05) is 31.6 Å². The Morgan fingerprint density at radius 2 is 2.00 bits per heavy atom. The summed E-state index contributed by atoms with van der Waals surface area (Å²) in [7, 11) is 0. The van der Waals surface area contributed by atoms with E-state index in [0.29, 0.717) is 23.0 Å². The van der Waals surface area contributed by atoms with Crippen molar-refractivity contribution in [3.63, 3.8) is 0 Å². The van der Waals surface area contributed by atoms with Crippen molar-refractivity contribution < 1.29 is 15.0 Å². The summed E-state index contributed by atoms with van der Waals surface area (Å²) in [4.78, 5) is 23.0. The van der Waals surface area contributed by atoms with Crippen LogP contribution in [0.15, 0.2) is 41.8 Å². The summed E-state index contributed by atoms with van der Waals surface area (Å²) in [6.45, 7) is 5.85. The van der Waals surface area contributed by atoms with Gasteiger partial charge < -0.3 is 20.4 Å². The summed E-state index contributed by atoms with van der Waals surface area (Å²) in [6, 6.07) is 1.84. The SMILES string of the molecule is CC1=CC(Nc2nccc(-n3cc(C(=O)N(CCO)CCO)c(C)n3)n2)CC(C)=C1. The summed E-state index contributed by atoms with van der Waals surface area (Å²) in [5.74, 6) is 0.730. The lowest BCUT2D eigenvalue weighted by Gasteiger charge is -2.20. The number of allylic oxidation sites excluding steroid dienone is 2. The minimum absolute atomic E-state index is 0.118. The summed E-state index contributed by atoms with van der Waals surface area (Å²) in [5, 5.41) is 26.1. The fourth-order valence-corrected chi connectivity index (χ4v) is 3.54. The van der Waals surface area contributed by atoms with Gasteiger partial charge >= 0.3 is 0 Å². The van der Waals surface area contributed by atoms with Gasteiger partial charge in [0.25, 0.3) is 5.91 Å². The van der Waals surface area contributed by atoms with Gasteiger partial charge in [-0.25, -0.2) is 9.67 Å². The number of aliphatic hydroxyl groups is 2. The Balaban J connectivity index is 1.80. The first-order valence-electron chi connectivity index (χ1n) is 9.94. The van der Waals surface area contributed by atoms with Crippen molar-refractivity contribution in [3.8, 4) is 5.82 Å². The van der Waals surface area contributed by atoms with Crippen molar-refractivity contribution in [1.82, 2.24) is 24.6 Å². The molecule has 0 spiro atoms. The number of aromatic nitrogens is 4. The maximum atomic E-state index is 12.8. The third-order valence-electron chi connectivity index (χ3n) is 4.83. The van der Waals surface area contributed by atoms with E-state index in [2.05, 4.69) is 46.4 Å². The minimum atomic E-state index is -0.292. The number of carbonyl (C=O) groups excluding carboxylic acids is 1. The number of nitrogens with one attached hydrogen (secondary N) is 1. The van der Waals surface area contributed by atoms with Crippen molar-refractivity contribution in [2.24, 2.45) is 0 Å². The summed E-state index contributed by atoms with van der Waals surface area (Å²) in [6.07, 6.45) is 8.46. The first-order chi connectivity index (χ1) is 14.4. The number of nitrogens with zero attached hydrogens (tertiary/aromatic N) is 5. The molecule has 0 aromatic carbocycles. The maximum Gasteiger partial charge on any atom is 0.257 e. The number of hydrogen-bond donors (Lipinski definition) is 3. The number of amides is 1. The van der Waals surface area contributed by atoms with Crippen LogP contribution in [-0.2, 0) is 0 Å². The number of aliphatic hydroxyl groups excluding tert-OH is 2. The van der Waals surface area contributed by atoms with Gasteiger partial charge in [-0.05, 0) is 27.2 Å². The van der Waals surface area contributed by atoms with Gasteiger partial charge in [-0.3, -0.25) is 4.79 Å². The molecule has 0 bridgehead atoms. The molecule has 30 heavy (non-hydrogen) atoms. The smallest absolute Gasteiger partial charge is 0.257 e. The Morgan fingerprint density at radius 1 is 1.27 bits per heavy atom. The number of rotatable bonds is 8. The van der Waals surface area contributed by atoms with E-state index in [1.165, 1.54) is 16.0 Å². The van der Waals surface area contributed by atoms with Crippen LogP contribution in [0, 0.1) is 6.92 Å². The van der Waals surface area contributed by atoms with E-state index in [1.54, 1.807) is 30.1 Å². The van der Waals surface area contributed by atoms with Crippen molar-refractivity contribution in [3.05, 3.63) is 53.0 Å². The number of anilines is 1. The van der Waals surface area contributed by atoms with Gasteiger partial charge in [-0.1, -0.05) is 23.3 Å². The van der Waals surface area contributed by atoms with Crippen LogP contribution < -0.4 is 5.32 Å². The van der Waals surface area contributed by atoms with Crippen molar-refractivity contribution in [2.45, 2.75) is 33.2 Å². The highest BCUT2D eigenvalue weighted by Gasteiger charge is 2.21. The van der Waals surface area contributed by atoms with Gasteiger partial charge in [0.2, 0.25) is 5.95 Å². The van der Waals surface area contributed by atoms with Crippen LogP contribution in [-0.4, -0.2) is 73.1 Å². The lowest BCUT2D eigenvalue weighted by molar-refractivity contribution is 0.0684. The molecule has 3 N–H and O–H groups in total. The molecule has 1 aliphatic rings. The van der Waals surface area contributed by atoms with Crippen molar-refractivity contribution in [1.29, 1.82) is 0 Å². The molecule has 160 valence electrons. The maximum absolute atomic E-state index is 12.8. The van der Waals surface area contributed by atoms with E-state index in [1.807, 2.05) is 0 Å². The molecule has 0 fully saturated rings. The Bertz CT molecular complexity index is 959. The number of hydrogen-bond acceptors (Lipinski definition) is 7. The fourth-order valence-electron chi connectivity index (χ4n) is 3.54. The Hall–Kier alpha value is -3.04. The highest BCUT2D eigenvalue weighted by atomic mass is 16.3. The molecular formula is C21H28N6O3. The molecule has 9 heteroatoms. The van der Waals surface area contributed by atoms with Gasteiger partial charge in [0.1, 0.15) is 0 Å². The Kier molecular flexibility index (Phi) is 6.96. The van der Waals surface area contributed by atoms with E-state index >= 15 is 0 Å². The second-order valence-corrected chi connectivity index (χ2v) is 7.41. The van der Waals surface area contributed by atoms with Crippen LogP contribution in [0.4, 0.5) is 5.95 Å². The standard InChI is InChI=1S/C21H28N6O3/c1-14-10-15(2)12-17(11-14)23-21-22-5-4-19(24-21)27-13-18(16(3)25-27)20(30)26(6-8-28)7-9-29/h4-5,10-11,13,17,28-29H,6-9,12H2,1-3H3,(H,22,23,24). The molecule has 1 aliphatic carbocycles. The van der Waals surface area contributed by atoms with Gasteiger partial charge in [0.15, 0.2) is 5.82 Å². The van der Waals surface area contributed by atoms with Crippen molar-refractivity contribution >= 4 is 11.9 Å². The Morgan fingerprint density at radius 3 is 2.67 bits per heavy atom. The van der Waals surface area contributed by atoms with E-state index in [0.717, 1.165) is 6.42 Å². The molecule has 0 radical (unpaired) electrons. The quantitative estimate of drug-likeness (QED) is 0.601. The summed E-state index contributed by atoms with van der Waals surface area (Å²) < 4.78 is 1.54. The number of carbonyl (C=O) groups is 1. The monoisotopic (exact) mass is 412 g/mol. The van der Waals surface area contributed by atoms with Gasteiger partial charge in [-0.2, -0.15) is 10.1 Å². The van der Waals surface area contributed by atoms with Gasteiger partial charge in [0.05, 0.1) is 30.5 Å². The lowest BCUT2D eigenvalue weighted by atomic mass is 9.97. The highest BCUT2D eigenvalue weighted by molar-refractivity contribution is 5.95. The van der Waals surface area contributed by atoms with Gasteiger partial charge in [0, 0.05) is 31.5 Å². The van der Waals surface area contributed by atoms with Crippen LogP contribution in [0.2, 0.25) is 0 Å². The average molecular weight is 412 g/mol. The zero-order valence-corrected chi connectivity index (χ0v) is 17.5.